The molecule has 0 N–H and O–H groups in total. The van der Waals surface area contributed by atoms with Crippen molar-refractivity contribution in [3.8, 4) is 11.8 Å². The highest BCUT2D eigenvalue weighted by molar-refractivity contribution is 5.95. The van der Waals surface area contributed by atoms with Gasteiger partial charge in [0.15, 0.2) is 5.69 Å². The van der Waals surface area contributed by atoms with Crippen LogP contribution in [0.1, 0.15) is 28.9 Å². The molecular formula is C21H20N8O. The molecule has 0 radical (unpaired) electrons. The quantitative estimate of drug-likeness (QED) is 0.659. The van der Waals surface area contributed by atoms with Crippen LogP contribution in [0.3, 0.4) is 0 Å². The maximum atomic E-state index is 13.4. The normalized spacial score (nSPS) is 20.6. The highest BCUT2D eigenvalue weighted by atomic mass is 16.2. The number of hydrogen-bond acceptors (Lipinski definition) is 7. The number of carbonyl (C=O) groups excluding carboxylic acids is 1. The second-order valence-electron chi connectivity index (χ2n) is 7.55. The Morgan fingerprint density at radius 1 is 1.07 bits per heavy atom. The van der Waals surface area contributed by atoms with Gasteiger partial charge < -0.3 is 9.80 Å². The summed E-state index contributed by atoms with van der Waals surface area (Å²) in [5.41, 5.74) is 1.51. The van der Waals surface area contributed by atoms with Crippen molar-refractivity contribution < 1.29 is 4.79 Å². The lowest BCUT2D eigenvalue weighted by molar-refractivity contribution is 0.0672. The minimum atomic E-state index is -0.119. The van der Waals surface area contributed by atoms with Gasteiger partial charge in [0, 0.05) is 32.0 Å². The number of rotatable bonds is 3. The Bertz CT molecular complexity index is 1110. The predicted molar refractivity (Wildman–Crippen MR) is 108 cm³/mol. The summed E-state index contributed by atoms with van der Waals surface area (Å²) in [5, 5.41) is 17.5. The highest BCUT2D eigenvalue weighted by Crippen LogP contribution is 2.35. The lowest BCUT2D eigenvalue weighted by Gasteiger charge is -2.38. The van der Waals surface area contributed by atoms with Crippen molar-refractivity contribution in [2.24, 2.45) is 5.92 Å². The fourth-order valence-electron chi connectivity index (χ4n) is 4.47. The van der Waals surface area contributed by atoms with Crippen molar-refractivity contribution in [1.29, 1.82) is 5.26 Å². The number of amides is 1. The van der Waals surface area contributed by atoms with Crippen LogP contribution >= 0.6 is 0 Å². The van der Waals surface area contributed by atoms with Gasteiger partial charge >= 0.3 is 0 Å². The van der Waals surface area contributed by atoms with Crippen molar-refractivity contribution in [3.63, 3.8) is 0 Å². The first-order valence-electron chi connectivity index (χ1n) is 9.98. The predicted octanol–water partition coefficient (Wildman–Crippen LogP) is 1.67. The lowest BCUT2D eigenvalue weighted by atomic mass is 9.92. The molecule has 0 unspecified atom stereocenters. The Morgan fingerprint density at radius 3 is 2.73 bits per heavy atom. The average molecular weight is 400 g/mol. The first kappa shape index (κ1) is 18.2. The van der Waals surface area contributed by atoms with Crippen LogP contribution in [0.5, 0.6) is 0 Å². The summed E-state index contributed by atoms with van der Waals surface area (Å²) in [7, 11) is 0. The minimum Gasteiger partial charge on any atom is -0.352 e. The molecule has 3 aromatic rings. The monoisotopic (exact) mass is 400 g/mol. The average Bonchev–Trinajstić information content (AvgIpc) is 3.48. The van der Waals surface area contributed by atoms with E-state index in [0.717, 1.165) is 25.2 Å². The van der Waals surface area contributed by atoms with E-state index in [1.54, 1.807) is 43.0 Å². The molecule has 0 aromatic carbocycles. The Kier molecular flexibility index (Phi) is 4.59. The zero-order valence-corrected chi connectivity index (χ0v) is 16.3. The van der Waals surface area contributed by atoms with Gasteiger partial charge in [0.25, 0.3) is 5.91 Å². The first-order chi connectivity index (χ1) is 14.7. The van der Waals surface area contributed by atoms with Crippen molar-refractivity contribution in [2.75, 3.05) is 24.5 Å². The summed E-state index contributed by atoms with van der Waals surface area (Å²) in [6, 6.07) is 9.46. The maximum Gasteiger partial charge on any atom is 0.274 e. The largest absolute Gasteiger partial charge is 0.352 e. The fraction of sp³-hybridized carbons (Fsp3) is 0.333. The molecule has 9 heteroatoms. The van der Waals surface area contributed by atoms with Gasteiger partial charge in [0.2, 0.25) is 0 Å². The van der Waals surface area contributed by atoms with Crippen LogP contribution in [0.2, 0.25) is 0 Å². The summed E-state index contributed by atoms with van der Waals surface area (Å²) in [4.78, 5) is 27.7. The van der Waals surface area contributed by atoms with E-state index in [1.807, 2.05) is 11.0 Å². The van der Waals surface area contributed by atoms with Crippen LogP contribution < -0.4 is 4.90 Å². The number of piperidine rings is 1. The maximum absolute atomic E-state index is 13.4. The van der Waals surface area contributed by atoms with Crippen molar-refractivity contribution >= 4 is 11.7 Å². The van der Waals surface area contributed by atoms with Gasteiger partial charge in [-0.25, -0.2) is 9.97 Å². The molecule has 0 bridgehead atoms. The molecule has 0 saturated carbocycles. The van der Waals surface area contributed by atoms with Gasteiger partial charge in [-0.3, -0.25) is 4.79 Å². The third-order valence-corrected chi connectivity index (χ3v) is 5.94. The molecule has 3 aromatic heterocycles. The third kappa shape index (κ3) is 3.16. The van der Waals surface area contributed by atoms with Crippen LogP contribution in [0, 0.1) is 17.2 Å². The molecule has 9 nitrogen and oxygen atoms in total. The molecular weight excluding hydrogens is 380 g/mol. The number of fused-ring (bicyclic) bond motifs is 1. The Hall–Kier alpha value is -3.80. The summed E-state index contributed by atoms with van der Waals surface area (Å²) < 4.78 is 0. The van der Waals surface area contributed by atoms with Gasteiger partial charge in [-0.2, -0.15) is 15.5 Å². The van der Waals surface area contributed by atoms with E-state index in [0.29, 0.717) is 36.0 Å². The second kappa shape index (κ2) is 7.55. The van der Waals surface area contributed by atoms with E-state index in [2.05, 4.69) is 31.1 Å². The molecule has 5 rings (SSSR count). The van der Waals surface area contributed by atoms with Gasteiger partial charge in [-0.05, 0) is 43.0 Å². The van der Waals surface area contributed by atoms with Gasteiger partial charge in [-0.1, -0.05) is 0 Å². The Balaban J connectivity index is 1.40. The van der Waals surface area contributed by atoms with Gasteiger partial charge in [-0.15, -0.1) is 4.80 Å². The molecule has 0 aliphatic carbocycles. The summed E-state index contributed by atoms with van der Waals surface area (Å²) in [6.45, 7) is 2.18. The zero-order chi connectivity index (χ0) is 20.5. The molecule has 5 heterocycles. The molecule has 1 amide bonds. The number of anilines is 1. The van der Waals surface area contributed by atoms with Crippen molar-refractivity contribution in [2.45, 2.75) is 18.9 Å². The van der Waals surface area contributed by atoms with Crippen LogP contribution in [0.25, 0.3) is 5.69 Å². The lowest BCUT2D eigenvalue weighted by Crippen LogP contribution is -2.50. The standard InChI is InChI=1S/C21H20N8O/c22-13-15-3-7-23-19(12-15)28-11-5-16-4-10-27(14-18(16)28)21(30)20-17(2-1-6-24-20)29-25-8-9-26-29/h1-3,6-9,12,16,18H,4-5,10-11,14H2/t16-,18-/m0/s1. The number of carbonyl (C=O) groups is 1. The molecule has 2 aliphatic rings. The number of likely N-dealkylation sites (tertiary alicyclic amines) is 1. The van der Waals surface area contributed by atoms with E-state index in [4.69, 9.17) is 0 Å². The molecule has 0 spiro atoms. The van der Waals surface area contributed by atoms with Gasteiger partial charge in [0.1, 0.15) is 11.5 Å². The molecule has 2 fully saturated rings. The van der Waals surface area contributed by atoms with Crippen molar-refractivity contribution in [3.05, 3.63) is 60.3 Å². The molecule has 150 valence electrons. The van der Waals surface area contributed by atoms with Crippen LogP contribution in [0.15, 0.2) is 49.1 Å². The van der Waals surface area contributed by atoms with Crippen LogP contribution in [0.4, 0.5) is 5.82 Å². The molecule has 30 heavy (non-hydrogen) atoms. The second-order valence-corrected chi connectivity index (χ2v) is 7.55. The number of pyridine rings is 2. The number of hydrogen-bond donors (Lipinski definition) is 0. The van der Waals surface area contributed by atoms with E-state index in [1.165, 1.54) is 4.80 Å². The van der Waals surface area contributed by atoms with E-state index < -0.39 is 0 Å². The van der Waals surface area contributed by atoms with Gasteiger partial charge in [0.05, 0.1) is 30.1 Å². The van der Waals surface area contributed by atoms with Crippen LogP contribution in [-0.4, -0.2) is 61.4 Å². The SMILES string of the molecule is N#Cc1ccnc(N2CC[C@@H]3CCN(C(=O)c4ncccc4-n4nccn4)C[C@@H]32)c1. The topological polar surface area (TPSA) is 104 Å². The fourth-order valence-corrected chi connectivity index (χ4v) is 4.47. The Labute approximate surface area is 173 Å². The third-order valence-electron chi connectivity index (χ3n) is 5.94. The summed E-state index contributed by atoms with van der Waals surface area (Å²) in [6.07, 6.45) is 8.44. The molecule has 2 aliphatic heterocycles. The smallest absolute Gasteiger partial charge is 0.274 e. The number of nitriles is 1. The number of nitrogens with zero attached hydrogens (tertiary/aromatic N) is 8. The van der Waals surface area contributed by atoms with E-state index >= 15 is 0 Å². The highest BCUT2D eigenvalue weighted by Gasteiger charge is 2.41. The summed E-state index contributed by atoms with van der Waals surface area (Å²) in [5.74, 6) is 1.19. The van der Waals surface area contributed by atoms with E-state index in [-0.39, 0.29) is 11.9 Å². The molecule has 2 saturated heterocycles. The zero-order valence-electron chi connectivity index (χ0n) is 16.3. The Morgan fingerprint density at radius 2 is 1.90 bits per heavy atom. The van der Waals surface area contributed by atoms with Crippen LogP contribution in [-0.2, 0) is 0 Å². The van der Waals surface area contributed by atoms with E-state index in [9.17, 15) is 10.1 Å². The molecule has 2 atom stereocenters. The number of aromatic nitrogens is 5. The first-order valence-corrected chi connectivity index (χ1v) is 9.98. The summed E-state index contributed by atoms with van der Waals surface area (Å²) >= 11 is 0. The minimum absolute atomic E-state index is 0.119. The van der Waals surface area contributed by atoms with Crippen molar-refractivity contribution in [1.82, 2.24) is 29.9 Å².